The van der Waals surface area contributed by atoms with E-state index in [-0.39, 0.29) is 6.10 Å². The molecule has 0 radical (unpaired) electrons. The van der Waals surface area contributed by atoms with Crippen molar-refractivity contribution in [2.45, 2.75) is 20.0 Å². The predicted octanol–water partition coefficient (Wildman–Crippen LogP) is 2.80. The lowest BCUT2D eigenvalue weighted by molar-refractivity contribution is 0.0762. The van der Waals surface area contributed by atoms with Gasteiger partial charge < -0.3 is 14.2 Å². The van der Waals surface area contributed by atoms with Crippen LogP contribution in [0.25, 0.3) is 0 Å². The van der Waals surface area contributed by atoms with Crippen molar-refractivity contribution in [1.82, 2.24) is 0 Å². The molecule has 0 aromatic heterocycles. The Balaban J connectivity index is 2.92. The second-order valence-corrected chi connectivity index (χ2v) is 3.21. The Morgan fingerprint density at radius 1 is 1.13 bits per heavy atom. The van der Waals surface area contributed by atoms with Crippen LogP contribution in [0, 0.1) is 0 Å². The van der Waals surface area contributed by atoms with E-state index in [9.17, 15) is 0 Å². The fourth-order valence-corrected chi connectivity index (χ4v) is 1.45. The van der Waals surface area contributed by atoms with Crippen LogP contribution in [-0.4, -0.2) is 20.8 Å². The highest BCUT2D eigenvalue weighted by atomic mass is 16.5. The molecule has 1 atom stereocenters. The van der Waals surface area contributed by atoms with Gasteiger partial charge in [-0.05, 0) is 31.5 Å². The number of hydrogen-bond donors (Lipinski definition) is 0. The summed E-state index contributed by atoms with van der Waals surface area (Å²) in [4.78, 5) is 0. The van der Waals surface area contributed by atoms with Gasteiger partial charge in [-0.15, -0.1) is 0 Å². The monoisotopic (exact) mass is 210 g/mol. The maximum atomic E-state index is 5.50. The summed E-state index contributed by atoms with van der Waals surface area (Å²) >= 11 is 0. The Morgan fingerprint density at radius 2 is 1.80 bits per heavy atom. The molecule has 0 fully saturated rings. The second kappa shape index (κ2) is 5.61. The maximum Gasteiger partial charge on any atom is 0.161 e. The summed E-state index contributed by atoms with van der Waals surface area (Å²) in [5, 5.41) is 0. The highest BCUT2D eigenvalue weighted by molar-refractivity contribution is 5.43. The zero-order valence-electron chi connectivity index (χ0n) is 9.74. The van der Waals surface area contributed by atoms with E-state index >= 15 is 0 Å². The minimum absolute atomic E-state index is 0.0785. The van der Waals surface area contributed by atoms with Gasteiger partial charge in [0.2, 0.25) is 0 Å². The number of benzene rings is 1. The van der Waals surface area contributed by atoms with Crippen LogP contribution < -0.4 is 9.47 Å². The van der Waals surface area contributed by atoms with Gasteiger partial charge in [-0.25, -0.2) is 0 Å². The van der Waals surface area contributed by atoms with Crippen molar-refractivity contribution < 1.29 is 14.2 Å². The fourth-order valence-electron chi connectivity index (χ4n) is 1.45. The van der Waals surface area contributed by atoms with Gasteiger partial charge in [0.15, 0.2) is 11.5 Å². The van der Waals surface area contributed by atoms with E-state index in [2.05, 4.69) is 0 Å². The van der Waals surface area contributed by atoms with Crippen LogP contribution in [-0.2, 0) is 4.74 Å². The molecule has 0 saturated carbocycles. The summed E-state index contributed by atoms with van der Waals surface area (Å²) in [7, 11) is 3.26. The van der Waals surface area contributed by atoms with Gasteiger partial charge in [0.05, 0.1) is 20.3 Å². The molecule has 0 spiro atoms. The summed E-state index contributed by atoms with van der Waals surface area (Å²) in [6, 6.07) is 5.82. The van der Waals surface area contributed by atoms with E-state index in [0.29, 0.717) is 6.61 Å². The van der Waals surface area contributed by atoms with Crippen molar-refractivity contribution in [3.8, 4) is 11.5 Å². The second-order valence-electron chi connectivity index (χ2n) is 3.21. The molecular formula is C12H18O3. The zero-order chi connectivity index (χ0) is 11.3. The van der Waals surface area contributed by atoms with Crippen LogP contribution in [0.4, 0.5) is 0 Å². The third-order valence-electron chi connectivity index (χ3n) is 2.29. The fraction of sp³-hybridized carbons (Fsp3) is 0.500. The minimum Gasteiger partial charge on any atom is -0.493 e. The van der Waals surface area contributed by atoms with E-state index in [1.165, 1.54) is 0 Å². The first kappa shape index (κ1) is 11.9. The van der Waals surface area contributed by atoms with Crippen molar-refractivity contribution >= 4 is 0 Å². The quantitative estimate of drug-likeness (QED) is 0.748. The molecule has 3 nitrogen and oxygen atoms in total. The first-order valence-corrected chi connectivity index (χ1v) is 5.06. The number of ether oxygens (including phenoxy) is 3. The van der Waals surface area contributed by atoms with Crippen molar-refractivity contribution in [2.75, 3.05) is 20.8 Å². The van der Waals surface area contributed by atoms with Crippen molar-refractivity contribution in [3.63, 3.8) is 0 Å². The third-order valence-corrected chi connectivity index (χ3v) is 2.29. The van der Waals surface area contributed by atoms with Crippen LogP contribution >= 0.6 is 0 Å². The van der Waals surface area contributed by atoms with E-state index in [4.69, 9.17) is 14.2 Å². The summed E-state index contributed by atoms with van der Waals surface area (Å²) in [5.74, 6) is 1.48. The molecule has 3 heteroatoms. The smallest absolute Gasteiger partial charge is 0.161 e. The SMILES string of the molecule is CCOC(C)c1ccc(OC)c(OC)c1. The van der Waals surface area contributed by atoms with Crippen molar-refractivity contribution in [1.29, 1.82) is 0 Å². The molecule has 0 bridgehead atoms. The van der Waals surface area contributed by atoms with Crippen molar-refractivity contribution in [2.24, 2.45) is 0 Å². The number of hydrogen-bond acceptors (Lipinski definition) is 3. The average Bonchev–Trinajstić information content (AvgIpc) is 2.28. The van der Waals surface area contributed by atoms with Gasteiger partial charge in [0, 0.05) is 6.61 Å². The molecule has 0 aliphatic heterocycles. The highest BCUT2D eigenvalue weighted by Gasteiger charge is 2.09. The molecule has 0 saturated heterocycles. The zero-order valence-corrected chi connectivity index (χ0v) is 9.74. The Kier molecular flexibility index (Phi) is 4.43. The Labute approximate surface area is 91.0 Å². The van der Waals surface area contributed by atoms with E-state index in [1.807, 2.05) is 32.0 Å². The lowest BCUT2D eigenvalue weighted by Crippen LogP contribution is -2.00. The Bertz CT molecular complexity index is 310. The third kappa shape index (κ3) is 2.86. The molecule has 0 N–H and O–H groups in total. The van der Waals surface area contributed by atoms with Gasteiger partial charge in [0.1, 0.15) is 0 Å². The highest BCUT2D eigenvalue weighted by Crippen LogP contribution is 2.30. The summed E-state index contributed by atoms with van der Waals surface area (Å²) in [6.45, 7) is 4.71. The van der Waals surface area contributed by atoms with Crippen LogP contribution in [0.2, 0.25) is 0 Å². The largest absolute Gasteiger partial charge is 0.493 e. The van der Waals surface area contributed by atoms with Gasteiger partial charge >= 0.3 is 0 Å². The molecule has 0 amide bonds. The van der Waals surface area contributed by atoms with Crippen LogP contribution in [0.15, 0.2) is 18.2 Å². The van der Waals surface area contributed by atoms with Crippen LogP contribution in [0.3, 0.4) is 0 Å². The number of rotatable bonds is 5. The first-order chi connectivity index (χ1) is 7.22. The normalized spacial score (nSPS) is 12.3. The molecular weight excluding hydrogens is 192 g/mol. The molecule has 15 heavy (non-hydrogen) atoms. The average molecular weight is 210 g/mol. The molecule has 0 aliphatic rings. The first-order valence-electron chi connectivity index (χ1n) is 5.06. The standard InChI is InChI=1S/C12H18O3/c1-5-15-9(2)10-6-7-11(13-3)12(8-10)14-4/h6-9H,5H2,1-4H3. The topological polar surface area (TPSA) is 27.7 Å². The number of methoxy groups -OCH3 is 2. The van der Waals surface area contributed by atoms with E-state index < -0.39 is 0 Å². The summed E-state index contributed by atoms with van der Waals surface area (Å²) in [6.07, 6.45) is 0.0785. The van der Waals surface area contributed by atoms with E-state index in [1.54, 1.807) is 14.2 Å². The van der Waals surface area contributed by atoms with Gasteiger partial charge in [0.25, 0.3) is 0 Å². The Morgan fingerprint density at radius 3 is 2.33 bits per heavy atom. The van der Waals surface area contributed by atoms with Crippen LogP contribution in [0.1, 0.15) is 25.5 Å². The van der Waals surface area contributed by atoms with Crippen LogP contribution in [0.5, 0.6) is 11.5 Å². The molecule has 1 aromatic rings. The summed E-state index contributed by atoms with van der Waals surface area (Å²) < 4.78 is 15.9. The molecule has 1 aromatic carbocycles. The Hall–Kier alpha value is -1.22. The van der Waals surface area contributed by atoms with E-state index in [0.717, 1.165) is 17.1 Å². The molecule has 84 valence electrons. The lowest BCUT2D eigenvalue weighted by atomic mass is 10.1. The molecule has 0 heterocycles. The molecule has 0 aliphatic carbocycles. The van der Waals surface area contributed by atoms with Gasteiger partial charge in [-0.1, -0.05) is 6.07 Å². The molecule has 1 unspecified atom stereocenters. The van der Waals surface area contributed by atoms with Gasteiger partial charge in [-0.3, -0.25) is 0 Å². The molecule has 1 rings (SSSR count). The van der Waals surface area contributed by atoms with Gasteiger partial charge in [-0.2, -0.15) is 0 Å². The summed E-state index contributed by atoms with van der Waals surface area (Å²) in [5.41, 5.74) is 1.09. The minimum atomic E-state index is 0.0785. The predicted molar refractivity (Wildman–Crippen MR) is 59.6 cm³/mol. The lowest BCUT2D eigenvalue weighted by Gasteiger charge is -2.14. The maximum absolute atomic E-state index is 5.50. The van der Waals surface area contributed by atoms with Crippen molar-refractivity contribution in [3.05, 3.63) is 23.8 Å².